The lowest BCUT2D eigenvalue weighted by molar-refractivity contribution is -0.223. The fraction of sp³-hybridized carbons (Fsp3) is 1.00. The Morgan fingerprint density at radius 1 is 1.00 bits per heavy atom. The second-order valence-corrected chi connectivity index (χ2v) is 4.18. The molecule has 2 saturated carbocycles. The number of rotatable bonds is 2. The maximum Gasteiger partial charge on any atom is 0.165 e. The smallest absolute Gasteiger partial charge is 0.165 e. The summed E-state index contributed by atoms with van der Waals surface area (Å²) in [6, 6.07) is 0. The van der Waals surface area contributed by atoms with E-state index in [1.54, 1.807) is 0 Å². The van der Waals surface area contributed by atoms with Gasteiger partial charge in [-0.1, -0.05) is 12.8 Å². The molecule has 0 saturated heterocycles. The zero-order valence-electron chi connectivity index (χ0n) is 7.59. The molecule has 70 valence electrons. The number of hydrogen-bond acceptors (Lipinski definition) is 2. The van der Waals surface area contributed by atoms with Gasteiger partial charge in [-0.25, -0.2) is 0 Å². The Morgan fingerprint density at radius 3 is 2.17 bits per heavy atom. The fourth-order valence-electron chi connectivity index (χ4n) is 2.36. The molecule has 2 nitrogen and oxygen atoms in total. The van der Waals surface area contributed by atoms with Crippen LogP contribution in [0.4, 0.5) is 0 Å². The first-order valence-electron chi connectivity index (χ1n) is 5.19. The van der Waals surface area contributed by atoms with E-state index in [0.29, 0.717) is 6.10 Å². The molecule has 0 aromatic carbocycles. The van der Waals surface area contributed by atoms with Gasteiger partial charge in [0.1, 0.15) is 0 Å². The first kappa shape index (κ1) is 8.52. The molecule has 2 aliphatic carbocycles. The first-order valence-corrected chi connectivity index (χ1v) is 5.19. The Balaban J connectivity index is 1.83. The third kappa shape index (κ3) is 1.80. The topological polar surface area (TPSA) is 29.5 Å². The molecule has 12 heavy (non-hydrogen) atoms. The van der Waals surface area contributed by atoms with Crippen LogP contribution in [-0.4, -0.2) is 17.0 Å². The van der Waals surface area contributed by atoms with Crippen molar-refractivity contribution in [1.29, 1.82) is 0 Å². The molecular weight excluding hydrogens is 152 g/mol. The van der Waals surface area contributed by atoms with Crippen molar-refractivity contribution in [1.82, 2.24) is 0 Å². The number of ether oxygens (including phenoxy) is 1. The molecule has 0 spiro atoms. The molecule has 0 aliphatic heterocycles. The molecule has 0 amide bonds. The van der Waals surface area contributed by atoms with Gasteiger partial charge in [-0.15, -0.1) is 0 Å². The summed E-state index contributed by atoms with van der Waals surface area (Å²) in [4.78, 5) is 0. The highest BCUT2D eigenvalue weighted by Gasteiger charge is 2.35. The molecule has 2 rings (SSSR count). The van der Waals surface area contributed by atoms with E-state index in [0.717, 1.165) is 38.5 Å². The lowest BCUT2D eigenvalue weighted by Crippen LogP contribution is -2.32. The van der Waals surface area contributed by atoms with E-state index in [1.807, 2.05) is 0 Å². The first-order chi connectivity index (χ1) is 5.79. The van der Waals surface area contributed by atoms with Crippen molar-refractivity contribution in [3.05, 3.63) is 0 Å². The maximum atomic E-state index is 9.93. The minimum atomic E-state index is -0.741. The molecule has 0 aromatic heterocycles. The SMILES string of the molecule is OC1(OC2CCCC2)CCCC1. The molecule has 0 atom stereocenters. The predicted octanol–water partition coefficient (Wildman–Crippen LogP) is 2.21. The van der Waals surface area contributed by atoms with E-state index in [-0.39, 0.29) is 0 Å². The van der Waals surface area contributed by atoms with Gasteiger partial charge in [0.25, 0.3) is 0 Å². The Morgan fingerprint density at radius 2 is 1.58 bits per heavy atom. The molecular formula is C10H18O2. The van der Waals surface area contributed by atoms with Crippen LogP contribution in [0.1, 0.15) is 51.4 Å². The van der Waals surface area contributed by atoms with Crippen molar-refractivity contribution in [3.8, 4) is 0 Å². The highest BCUT2D eigenvalue weighted by atomic mass is 16.6. The summed E-state index contributed by atoms with van der Waals surface area (Å²) < 4.78 is 5.72. The van der Waals surface area contributed by atoms with Crippen LogP contribution < -0.4 is 0 Å². The molecule has 1 N–H and O–H groups in total. The van der Waals surface area contributed by atoms with Crippen molar-refractivity contribution in [2.45, 2.75) is 63.3 Å². The summed E-state index contributed by atoms with van der Waals surface area (Å²) in [5.74, 6) is -0.741. The minimum absolute atomic E-state index is 0.355. The molecule has 2 heteroatoms. The molecule has 0 radical (unpaired) electrons. The van der Waals surface area contributed by atoms with Gasteiger partial charge in [0.2, 0.25) is 0 Å². The van der Waals surface area contributed by atoms with E-state index in [2.05, 4.69) is 0 Å². The van der Waals surface area contributed by atoms with Crippen LogP contribution in [0.3, 0.4) is 0 Å². The van der Waals surface area contributed by atoms with E-state index in [9.17, 15) is 5.11 Å². The van der Waals surface area contributed by atoms with Crippen molar-refractivity contribution >= 4 is 0 Å². The summed E-state index contributed by atoms with van der Waals surface area (Å²) >= 11 is 0. The van der Waals surface area contributed by atoms with Crippen molar-refractivity contribution in [2.75, 3.05) is 0 Å². The highest BCUT2D eigenvalue weighted by Crippen LogP contribution is 2.34. The van der Waals surface area contributed by atoms with Crippen LogP contribution in [0.2, 0.25) is 0 Å². The van der Waals surface area contributed by atoms with Crippen LogP contribution in [0.15, 0.2) is 0 Å². The largest absolute Gasteiger partial charge is 0.365 e. The van der Waals surface area contributed by atoms with E-state index in [4.69, 9.17) is 4.74 Å². The summed E-state index contributed by atoms with van der Waals surface area (Å²) in [7, 11) is 0. The molecule has 2 fully saturated rings. The molecule has 0 aromatic rings. The van der Waals surface area contributed by atoms with Gasteiger partial charge in [-0.2, -0.15) is 0 Å². The van der Waals surface area contributed by atoms with Crippen molar-refractivity contribution in [2.24, 2.45) is 0 Å². The second kappa shape index (κ2) is 3.35. The predicted molar refractivity (Wildman–Crippen MR) is 46.8 cm³/mol. The van der Waals surface area contributed by atoms with E-state index in [1.165, 1.54) is 12.8 Å². The van der Waals surface area contributed by atoms with Gasteiger partial charge in [-0.3, -0.25) is 0 Å². The van der Waals surface area contributed by atoms with Crippen molar-refractivity contribution < 1.29 is 9.84 Å². The van der Waals surface area contributed by atoms with Gasteiger partial charge >= 0.3 is 0 Å². The van der Waals surface area contributed by atoms with Gasteiger partial charge < -0.3 is 9.84 Å². The van der Waals surface area contributed by atoms with Gasteiger partial charge in [0.15, 0.2) is 5.79 Å². The quantitative estimate of drug-likeness (QED) is 0.644. The van der Waals surface area contributed by atoms with Crippen LogP contribution in [0.5, 0.6) is 0 Å². The second-order valence-electron chi connectivity index (χ2n) is 4.18. The average molecular weight is 170 g/mol. The van der Waals surface area contributed by atoms with Crippen LogP contribution in [0.25, 0.3) is 0 Å². The summed E-state index contributed by atoms with van der Waals surface area (Å²) in [6.07, 6.45) is 9.18. The Bertz CT molecular complexity index is 144. The van der Waals surface area contributed by atoms with Crippen LogP contribution in [-0.2, 0) is 4.74 Å². The summed E-state index contributed by atoms with van der Waals surface area (Å²) in [5, 5.41) is 9.93. The standard InChI is InChI=1S/C10H18O2/c11-10(7-3-4-8-10)12-9-5-1-2-6-9/h9,11H,1-8H2. The zero-order valence-corrected chi connectivity index (χ0v) is 7.59. The monoisotopic (exact) mass is 170 g/mol. The van der Waals surface area contributed by atoms with Crippen LogP contribution >= 0.6 is 0 Å². The Kier molecular flexibility index (Phi) is 2.37. The van der Waals surface area contributed by atoms with Gasteiger partial charge in [0, 0.05) is 12.8 Å². The highest BCUT2D eigenvalue weighted by molar-refractivity contribution is 4.78. The Labute approximate surface area is 73.9 Å². The summed E-state index contributed by atoms with van der Waals surface area (Å²) in [5.41, 5.74) is 0. The molecule has 0 unspecified atom stereocenters. The summed E-state index contributed by atoms with van der Waals surface area (Å²) in [6.45, 7) is 0. The van der Waals surface area contributed by atoms with Crippen LogP contribution in [0, 0.1) is 0 Å². The molecule has 2 aliphatic rings. The molecule has 0 bridgehead atoms. The lowest BCUT2D eigenvalue weighted by atomic mass is 10.2. The van der Waals surface area contributed by atoms with E-state index < -0.39 is 5.79 Å². The average Bonchev–Trinajstić information content (AvgIpc) is 2.62. The fourth-order valence-corrected chi connectivity index (χ4v) is 2.36. The zero-order chi connectivity index (χ0) is 8.44. The molecule has 0 heterocycles. The lowest BCUT2D eigenvalue weighted by Gasteiger charge is -2.26. The number of hydrogen-bond donors (Lipinski definition) is 1. The van der Waals surface area contributed by atoms with E-state index >= 15 is 0 Å². The minimum Gasteiger partial charge on any atom is -0.365 e. The number of aliphatic hydroxyl groups is 1. The Hall–Kier alpha value is -0.0800. The van der Waals surface area contributed by atoms with Gasteiger partial charge in [-0.05, 0) is 25.7 Å². The maximum absolute atomic E-state index is 9.93. The third-order valence-electron chi connectivity index (χ3n) is 3.07. The van der Waals surface area contributed by atoms with Crippen molar-refractivity contribution in [3.63, 3.8) is 0 Å². The third-order valence-corrected chi connectivity index (χ3v) is 3.07. The normalized spacial score (nSPS) is 29.8. The van der Waals surface area contributed by atoms with Gasteiger partial charge in [0.05, 0.1) is 6.10 Å².